The largest absolute Gasteiger partial charge is 0.494 e. The number of nitrogens with zero attached hydrogens (tertiary/aromatic N) is 1. The summed E-state index contributed by atoms with van der Waals surface area (Å²) in [6, 6.07) is 6.17. The third-order valence-electron chi connectivity index (χ3n) is 2.64. The van der Waals surface area contributed by atoms with Gasteiger partial charge in [0.25, 0.3) is 0 Å². The van der Waals surface area contributed by atoms with Crippen LogP contribution in [0.15, 0.2) is 23.7 Å². The predicted octanol–water partition coefficient (Wildman–Crippen LogP) is 3.19. The van der Waals surface area contributed by atoms with Gasteiger partial charge in [0.1, 0.15) is 10.8 Å². The normalized spacial score (nSPS) is 12.6. The van der Waals surface area contributed by atoms with Crippen LogP contribution in [0.3, 0.4) is 0 Å². The lowest BCUT2D eigenvalue weighted by Crippen LogP contribution is -2.05. The number of ether oxygens (including phenoxy) is 1. The third kappa shape index (κ3) is 1.55. The fourth-order valence-corrected chi connectivity index (χ4v) is 2.61. The van der Waals surface area contributed by atoms with Gasteiger partial charge in [0.15, 0.2) is 0 Å². The molecule has 1 aliphatic heterocycles. The summed E-state index contributed by atoms with van der Waals surface area (Å²) >= 11 is 1.65. The molecule has 0 saturated heterocycles. The van der Waals surface area contributed by atoms with Crippen LogP contribution >= 0.6 is 11.3 Å². The van der Waals surface area contributed by atoms with Crippen molar-refractivity contribution in [2.24, 2.45) is 0 Å². The van der Waals surface area contributed by atoms with Gasteiger partial charge in [-0.15, -0.1) is 11.3 Å². The SMILES string of the molecule is CCOc1ccc2c(c1)Cc1ncsc1N2. The minimum absolute atomic E-state index is 0.703. The Morgan fingerprint density at radius 1 is 1.50 bits per heavy atom. The average Bonchev–Trinajstić information content (AvgIpc) is 2.73. The molecule has 1 N–H and O–H groups in total. The summed E-state index contributed by atoms with van der Waals surface area (Å²) in [4.78, 5) is 4.35. The molecule has 16 heavy (non-hydrogen) atoms. The summed E-state index contributed by atoms with van der Waals surface area (Å²) in [6.45, 7) is 2.70. The maximum atomic E-state index is 5.50. The lowest BCUT2D eigenvalue weighted by molar-refractivity contribution is 0.340. The van der Waals surface area contributed by atoms with Crippen molar-refractivity contribution < 1.29 is 4.74 Å². The molecule has 0 aliphatic carbocycles. The van der Waals surface area contributed by atoms with Gasteiger partial charge in [-0.25, -0.2) is 4.98 Å². The molecule has 0 spiro atoms. The van der Waals surface area contributed by atoms with Gasteiger partial charge >= 0.3 is 0 Å². The molecule has 3 rings (SSSR count). The van der Waals surface area contributed by atoms with Crippen molar-refractivity contribution in [3.8, 4) is 5.75 Å². The minimum Gasteiger partial charge on any atom is -0.494 e. The molecule has 1 aromatic heterocycles. The molecular formula is C12H12N2OS. The highest BCUT2D eigenvalue weighted by molar-refractivity contribution is 7.14. The zero-order valence-corrected chi connectivity index (χ0v) is 9.80. The van der Waals surface area contributed by atoms with Crippen molar-refractivity contribution in [2.75, 3.05) is 11.9 Å². The summed E-state index contributed by atoms with van der Waals surface area (Å²) in [5.74, 6) is 0.932. The van der Waals surface area contributed by atoms with Crippen molar-refractivity contribution in [1.29, 1.82) is 0 Å². The molecule has 0 fully saturated rings. The number of hydrogen-bond acceptors (Lipinski definition) is 4. The molecule has 2 heterocycles. The first-order chi connectivity index (χ1) is 7.86. The molecule has 0 saturated carbocycles. The van der Waals surface area contributed by atoms with E-state index in [2.05, 4.69) is 22.4 Å². The fraction of sp³-hybridized carbons (Fsp3) is 0.250. The minimum atomic E-state index is 0.703. The second kappa shape index (κ2) is 3.79. The van der Waals surface area contributed by atoms with Crippen molar-refractivity contribution in [1.82, 2.24) is 4.98 Å². The molecular weight excluding hydrogens is 220 g/mol. The molecule has 0 unspecified atom stereocenters. The zero-order chi connectivity index (χ0) is 11.0. The second-order valence-corrected chi connectivity index (χ2v) is 4.54. The Kier molecular flexibility index (Phi) is 2.29. The van der Waals surface area contributed by atoms with Gasteiger partial charge < -0.3 is 10.1 Å². The summed E-state index contributed by atoms with van der Waals surface area (Å²) < 4.78 is 5.50. The van der Waals surface area contributed by atoms with E-state index in [-0.39, 0.29) is 0 Å². The number of hydrogen-bond donors (Lipinski definition) is 1. The Morgan fingerprint density at radius 3 is 3.31 bits per heavy atom. The van der Waals surface area contributed by atoms with Crippen molar-refractivity contribution in [2.45, 2.75) is 13.3 Å². The van der Waals surface area contributed by atoms with E-state index in [1.165, 1.54) is 11.3 Å². The molecule has 0 amide bonds. The van der Waals surface area contributed by atoms with E-state index in [1.807, 2.05) is 18.5 Å². The second-order valence-electron chi connectivity index (χ2n) is 3.68. The topological polar surface area (TPSA) is 34.1 Å². The molecule has 1 aliphatic rings. The Hall–Kier alpha value is -1.55. The predicted molar refractivity (Wildman–Crippen MR) is 65.8 cm³/mol. The maximum absolute atomic E-state index is 5.50. The van der Waals surface area contributed by atoms with Gasteiger partial charge in [-0.1, -0.05) is 0 Å². The van der Waals surface area contributed by atoms with Crippen molar-refractivity contribution >= 4 is 22.0 Å². The molecule has 82 valence electrons. The van der Waals surface area contributed by atoms with Gasteiger partial charge in [0.05, 0.1) is 17.8 Å². The van der Waals surface area contributed by atoms with Crippen LogP contribution < -0.4 is 10.1 Å². The molecule has 4 heteroatoms. The molecule has 0 atom stereocenters. The van der Waals surface area contributed by atoms with E-state index in [4.69, 9.17) is 4.74 Å². The van der Waals surface area contributed by atoms with Gasteiger partial charge in [0, 0.05) is 12.1 Å². The number of thiazole rings is 1. The van der Waals surface area contributed by atoms with Gasteiger partial charge in [-0.3, -0.25) is 0 Å². The van der Waals surface area contributed by atoms with Crippen LogP contribution in [0.4, 0.5) is 10.7 Å². The van der Waals surface area contributed by atoms with Gasteiger partial charge in [0.2, 0.25) is 0 Å². The van der Waals surface area contributed by atoms with Gasteiger partial charge in [-0.05, 0) is 30.7 Å². The van der Waals surface area contributed by atoms with Crippen LogP contribution in [0.5, 0.6) is 5.75 Å². The summed E-state index contributed by atoms with van der Waals surface area (Å²) in [5.41, 5.74) is 5.43. The van der Waals surface area contributed by atoms with E-state index in [9.17, 15) is 0 Å². The summed E-state index contributed by atoms with van der Waals surface area (Å²) in [6.07, 6.45) is 0.891. The van der Waals surface area contributed by atoms with E-state index < -0.39 is 0 Å². The van der Waals surface area contributed by atoms with Crippen LogP contribution in [-0.4, -0.2) is 11.6 Å². The Labute approximate surface area is 98.1 Å². The Balaban J connectivity index is 1.97. The number of anilines is 2. The molecule has 1 aromatic carbocycles. The van der Waals surface area contributed by atoms with Crippen LogP contribution in [0, 0.1) is 0 Å². The van der Waals surface area contributed by atoms with Crippen molar-refractivity contribution in [3.63, 3.8) is 0 Å². The Bertz CT molecular complexity index is 521. The first kappa shape index (κ1) is 9.66. The number of nitrogens with one attached hydrogen (secondary N) is 1. The first-order valence-electron chi connectivity index (χ1n) is 5.32. The standard InChI is InChI=1S/C12H12N2OS/c1-2-15-9-3-4-10-8(5-9)6-11-12(14-10)16-7-13-11/h3-5,7,14H,2,6H2,1H3. The highest BCUT2D eigenvalue weighted by Crippen LogP contribution is 2.36. The highest BCUT2D eigenvalue weighted by Gasteiger charge is 2.17. The van der Waals surface area contributed by atoms with Crippen LogP contribution in [-0.2, 0) is 6.42 Å². The quantitative estimate of drug-likeness (QED) is 0.736. The first-order valence-corrected chi connectivity index (χ1v) is 6.20. The monoisotopic (exact) mass is 232 g/mol. The average molecular weight is 232 g/mol. The van der Waals surface area contributed by atoms with E-state index in [0.717, 1.165) is 22.9 Å². The van der Waals surface area contributed by atoms with E-state index in [0.29, 0.717) is 6.61 Å². The Morgan fingerprint density at radius 2 is 2.44 bits per heavy atom. The molecule has 2 aromatic rings. The van der Waals surface area contributed by atoms with Gasteiger partial charge in [-0.2, -0.15) is 0 Å². The highest BCUT2D eigenvalue weighted by atomic mass is 32.1. The van der Waals surface area contributed by atoms with Crippen LogP contribution in [0.2, 0.25) is 0 Å². The lowest BCUT2D eigenvalue weighted by Gasteiger charge is -2.18. The van der Waals surface area contributed by atoms with Crippen LogP contribution in [0.25, 0.3) is 0 Å². The lowest BCUT2D eigenvalue weighted by atomic mass is 10.0. The number of benzene rings is 1. The number of fused-ring (bicyclic) bond motifs is 2. The maximum Gasteiger partial charge on any atom is 0.119 e. The zero-order valence-electron chi connectivity index (χ0n) is 8.99. The number of aromatic nitrogens is 1. The van der Waals surface area contributed by atoms with Crippen LogP contribution in [0.1, 0.15) is 18.2 Å². The molecule has 0 bridgehead atoms. The van der Waals surface area contributed by atoms with Crippen molar-refractivity contribution in [3.05, 3.63) is 35.0 Å². The summed E-state index contributed by atoms with van der Waals surface area (Å²) in [7, 11) is 0. The fourth-order valence-electron chi connectivity index (χ4n) is 1.89. The smallest absolute Gasteiger partial charge is 0.119 e. The summed E-state index contributed by atoms with van der Waals surface area (Å²) in [5, 5.41) is 4.55. The molecule has 0 radical (unpaired) electrons. The number of rotatable bonds is 2. The van der Waals surface area contributed by atoms with E-state index in [1.54, 1.807) is 11.3 Å². The van der Waals surface area contributed by atoms with E-state index >= 15 is 0 Å². The third-order valence-corrected chi connectivity index (χ3v) is 3.42. The molecule has 3 nitrogen and oxygen atoms in total.